The molecule has 6 nitrogen and oxygen atoms in total. The van der Waals surface area contributed by atoms with Gasteiger partial charge in [0.2, 0.25) is 5.43 Å². The molecule has 1 N–H and O–H groups in total. The molecule has 2 aromatic rings. The highest BCUT2D eigenvalue weighted by Crippen LogP contribution is 2.32. The second-order valence-electron chi connectivity index (χ2n) is 4.95. The van der Waals surface area contributed by atoms with Crippen LogP contribution in [0.3, 0.4) is 0 Å². The van der Waals surface area contributed by atoms with Gasteiger partial charge in [0.15, 0.2) is 5.75 Å². The average molecular weight is 288 g/mol. The smallest absolute Gasteiger partial charge is 0.271 e. The molecule has 1 aliphatic rings. The fraction of sp³-hybridized carbons (Fsp3) is 0.333. The summed E-state index contributed by atoms with van der Waals surface area (Å²) in [6, 6.07) is 4.88. The van der Waals surface area contributed by atoms with Gasteiger partial charge in [0, 0.05) is 18.8 Å². The van der Waals surface area contributed by atoms with Gasteiger partial charge in [0.05, 0.1) is 19.4 Å². The summed E-state index contributed by atoms with van der Waals surface area (Å²) in [6.07, 6.45) is 4.79. The van der Waals surface area contributed by atoms with Gasteiger partial charge in [-0.25, -0.2) is 0 Å². The normalized spacial score (nSPS) is 18.0. The van der Waals surface area contributed by atoms with Crippen molar-refractivity contribution in [1.82, 2.24) is 9.88 Å². The predicted molar refractivity (Wildman–Crippen MR) is 75.3 cm³/mol. The van der Waals surface area contributed by atoms with E-state index in [1.807, 2.05) is 12.1 Å². The minimum Gasteiger partial charge on any atom is -0.491 e. The van der Waals surface area contributed by atoms with Gasteiger partial charge in [0.25, 0.3) is 5.91 Å². The van der Waals surface area contributed by atoms with Crippen molar-refractivity contribution in [3.05, 3.63) is 52.3 Å². The Bertz CT molecular complexity index is 690. The number of hydrogen-bond acceptors (Lipinski definition) is 4. The average Bonchev–Trinajstić information content (AvgIpc) is 3.16. The number of hydrogen-bond donors (Lipinski definition) is 1. The van der Waals surface area contributed by atoms with Gasteiger partial charge in [0.1, 0.15) is 11.5 Å². The van der Waals surface area contributed by atoms with Crippen molar-refractivity contribution in [3.63, 3.8) is 0 Å². The van der Waals surface area contributed by atoms with Crippen molar-refractivity contribution in [2.45, 2.75) is 18.9 Å². The lowest BCUT2D eigenvalue weighted by Gasteiger charge is -2.23. The number of carbonyl (C=O) groups is 1. The van der Waals surface area contributed by atoms with E-state index in [2.05, 4.69) is 4.98 Å². The molecule has 1 fully saturated rings. The van der Waals surface area contributed by atoms with Gasteiger partial charge in [-0.15, -0.1) is 0 Å². The number of carbonyl (C=O) groups excluding carboxylic acids is 1. The van der Waals surface area contributed by atoms with E-state index in [4.69, 9.17) is 9.15 Å². The summed E-state index contributed by atoms with van der Waals surface area (Å²) in [5.41, 5.74) is -0.0485. The van der Waals surface area contributed by atoms with Crippen LogP contribution in [0.4, 0.5) is 0 Å². The van der Waals surface area contributed by atoms with Gasteiger partial charge < -0.3 is 19.0 Å². The number of aromatic amines is 1. The third-order valence-electron chi connectivity index (χ3n) is 3.71. The molecule has 0 unspecified atom stereocenters. The number of likely N-dealkylation sites (tertiary alicyclic amines) is 1. The number of pyridine rings is 1. The molecule has 1 atom stereocenters. The number of rotatable bonds is 3. The van der Waals surface area contributed by atoms with E-state index in [0.717, 1.165) is 18.6 Å². The van der Waals surface area contributed by atoms with Crippen LogP contribution in [0.25, 0.3) is 0 Å². The Kier molecular flexibility index (Phi) is 3.51. The summed E-state index contributed by atoms with van der Waals surface area (Å²) in [5.74, 6) is 0.765. The highest BCUT2D eigenvalue weighted by molar-refractivity contribution is 5.92. The number of methoxy groups -OCH3 is 1. The number of nitrogens with one attached hydrogen (secondary N) is 1. The van der Waals surface area contributed by atoms with Crippen molar-refractivity contribution in [1.29, 1.82) is 0 Å². The van der Waals surface area contributed by atoms with Gasteiger partial charge >= 0.3 is 0 Å². The number of amides is 1. The molecule has 3 heterocycles. The molecule has 6 heteroatoms. The van der Waals surface area contributed by atoms with Gasteiger partial charge in [-0.2, -0.15) is 0 Å². The monoisotopic (exact) mass is 288 g/mol. The number of H-pyrrole nitrogens is 1. The predicted octanol–water partition coefficient (Wildman–Crippen LogP) is 1.95. The van der Waals surface area contributed by atoms with Crippen LogP contribution in [-0.2, 0) is 0 Å². The zero-order valence-corrected chi connectivity index (χ0v) is 11.7. The van der Waals surface area contributed by atoms with Crippen LogP contribution < -0.4 is 10.2 Å². The third kappa shape index (κ3) is 2.44. The topological polar surface area (TPSA) is 75.5 Å². The summed E-state index contributed by atoms with van der Waals surface area (Å²) in [5, 5.41) is 0. The van der Waals surface area contributed by atoms with E-state index in [-0.39, 0.29) is 28.8 Å². The Morgan fingerprint density at radius 3 is 3.05 bits per heavy atom. The first kappa shape index (κ1) is 13.5. The molecule has 0 radical (unpaired) electrons. The number of ether oxygens (including phenoxy) is 1. The van der Waals surface area contributed by atoms with Crippen LogP contribution in [0.2, 0.25) is 0 Å². The fourth-order valence-electron chi connectivity index (χ4n) is 2.68. The van der Waals surface area contributed by atoms with E-state index in [1.54, 1.807) is 11.2 Å². The van der Waals surface area contributed by atoms with E-state index in [0.29, 0.717) is 6.54 Å². The maximum absolute atomic E-state index is 12.6. The van der Waals surface area contributed by atoms with Gasteiger partial charge in [-0.3, -0.25) is 9.59 Å². The van der Waals surface area contributed by atoms with Crippen LogP contribution in [0.15, 0.2) is 39.9 Å². The molecule has 2 aromatic heterocycles. The van der Waals surface area contributed by atoms with E-state index in [1.165, 1.54) is 19.4 Å². The quantitative estimate of drug-likeness (QED) is 0.936. The van der Waals surface area contributed by atoms with Crippen molar-refractivity contribution >= 4 is 5.91 Å². The SMILES string of the molecule is COc1c[nH]c(C(=O)N2CCC[C@H]2c2ccco2)cc1=O. The molecule has 3 rings (SSSR count). The van der Waals surface area contributed by atoms with Crippen molar-refractivity contribution in [2.75, 3.05) is 13.7 Å². The Labute approximate surface area is 121 Å². The summed E-state index contributed by atoms with van der Waals surface area (Å²) in [6.45, 7) is 0.651. The zero-order chi connectivity index (χ0) is 14.8. The molecule has 0 saturated carbocycles. The number of aromatic nitrogens is 1. The second-order valence-corrected chi connectivity index (χ2v) is 4.95. The molecule has 1 aliphatic heterocycles. The van der Waals surface area contributed by atoms with Crippen LogP contribution in [0, 0.1) is 0 Å². The molecule has 0 aromatic carbocycles. The molecule has 21 heavy (non-hydrogen) atoms. The molecule has 0 bridgehead atoms. The highest BCUT2D eigenvalue weighted by Gasteiger charge is 2.32. The van der Waals surface area contributed by atoms with Crippen molar-refractivity contribution < 1.29 is 13.9 Å². The fourth-order valence-corrected chi connectivity index (χ4v) is 2.68. The van der Waals surface area contributed by atoms with Crippen molar-refractivity contribution in [3.8, 4) is 5.75 Å². The minimum atomic E-state index is -0.312. The third-order valence-corrected chi connectivity index (χ3v) is 3.71. The van der Waals surface area contributed by atoms with Crippen LogP contribution in [0.1, 0.15) is 35.1 Å². The van der Waals surface area contributed by atoms with E-state index in [9.17, 15) is 9.59 Å². The molecule has 110 valence electrons. The Hall–Kier alpha value is -2.50. The second kappa shape index (κ2) is 5.47. The molecule has 1 amide bonds. The van der Waals surface area contributed by atoms with E-state index >= 15 is 0 Å². The molecule has 0 spiro atoms. The van der Waals surface area contributed by atoms with Gasteiger partial charge in [-0.1, -0.05) is 0 Å². The summed E-state index contributed by atoms with van der Waals surface area (Å²) in [4.78, 5) is 28.9. The highest BCUT2D eigenvalue weighted by atomic mass is 16.5. The first-order chi connectivity index (χ1) is 10.2. The van der Waals surface area contributed by atoms with Crippen molar-refractivity contribution in [2.24, 2.45) is 0 Å². The summed E-state index contributed by atoms with van der Waals surface area (Å²) >= 11 is 0. The number of nitrogens with zero attached hydrogens (tertiary/aromatic N) is 1. The maximum Gasteiger partial charge on any atom is 0.271 e. The standard InChI is InChI=1S/C15H16N2O4/c1-20-14-9-16-10(8-12(14)18)15(19)17-6-2-4-11(17)13-5-3-7-21-13/h3,5,7-9,11H,2,4,6H2,1H3,(H,16,18)/t11-/m0/s1. The minimum absolute atomic E-state index is 0.0712. The first-order valence-corrected chi connectivity index (χ1v) is 6.82. The Balaban J connectivity index is 1.87. The van der Waals surface area contributed by atoms with Crippen LogP contribution in [-0.4, -0.2) is 29.4 Å². The largest absolute Gasteiger partial charge is 0.491 e. The van der Waals surface area contributed by atoms with Gasteiger partial charge in [-0.05, 0) is 25.0 Å². The Morgan fingerprint density at radius 1 is 1.52 bits per heavy atom. The molecular weight excluding hydrogens is 272 g/mol. The molecule has 1 saturated heterocycles. The molecular formula is C15H16N2O4. The first-order valence-electron chi connectivity index (χ1n) is 6.82. The van der Waals surface area contributed by atoms with Crippen LogP contribution in [0.5, 0.6) is 5.75 Å². The zero-order valence-electron chi connectivity index (χ0n) is 11.7. The summed E-state index contributed by atoms with van der Waals surface area (Å²) < 4.78 is 10.3. The Morgan fingerprint density at radius 2 is 2.38 bits per heavy atom. The lowest BCUT2D eigenvalue weighted by molar-refractivity contribution is 0.0713. The maximum atomic E-state index is 12.6. The number of furan rings is 1. The lowest BCUT2D eigenvalue weighted by Crippen LogP contribution is -2.31. The van der Waals surface area contributed by atoms with E-state index < -0.39 is 0 Å². The summed E-state index contributed by atoms with van der Waals surface area (Å²) in [7, 11) is 1.42. The lowest BCUT2D eigenvalue weighted by atomic mass is 10.1. The van der Waals surface area contributed by atoms with Crippen LogP contribution >= 0.6 is 0 Å². The molecule has 0 aliphatic carbocycles.